The molecule has 0 fully saturated rings. The first-order valence-electron chi connectivity index (χ1n) is 3.63. The lowest BCUT2D eigenvalue weighted by Crippen LogP contribution is -2.06. The minimum atomic E-state index is 1.14. The van der Waals surface area contributed by atoms with Crippen molar-refractivity contribution in [3.8, 4) is 0 Å². The summed E-state index contributed by atoms with van der Waals surface area (Å²) in [5.41, 5.74) is 3.00. The normalized spacial score (nSPS) is 14.0. The first-order valence-corrected chi connectivity index (χ1v) is 4.63. The standard InChI is InChI=1S/C9H10Si/c10-9-6-2-4-7-3-1-5-8(7)9/h1-2,4-6H,3H2,10H3. The van der Waals surface area contributed by atoms with Crippen molar-refractivity contribution in [2.75, 3.05) is 0 Å². The van der Waals surface area contributed by atoms with E-state index in [9.17, 15) is 0 Å². The zero-order valence-electron chi connectivity index (χ0n) is 6.09. The van der Waals surface area contributed by atoms with E-state index in [0.717, 1.165) is 6.42 Å². The summed E-state index contributed by atoms with van der Waals surface area (Å²) < 4.78 is 0. The van der Waals surface area contributed by atoms with Crippen molar-refractivity contribution in [1.29, 1.82) is 0 Å². The Bertz CT molecular complexity index is 287. The molecule has 0 aliphatic heterocycles. The molecule has 10 heavy (non-hydrogen) atoms. The van der Waals surface area contributed by atoms with Crippen LogP contribution in [0.25, 0.3) is 6.08 Å². The van der Waals surface area contributed by atoms with Crippen molar-refractivity contribution < 1.29 is 0 Å². The third-order valence-corrected chi connectivity index (χ3v) is 2.91. The molecule has 1 heteroatoms. The summed E-state index contributed by atoms with van der Waals surface area (Å²) in [5.74, 6) is 0. The molecule has 0 heterocycles. The maximum Gasteiger partial charge on any atom is 0.0392 e. The summed E-state index contributed by atoms with van der Waals surface area (Å²) in [7, 11) is 1.17. The van der Waals surface area contributed by atoms with Gasteiger partial charge in [0, 0.05) is 10.2 Å². The number of fused-ring (bicyclic) bond motifs is 1. The monoisotopic (exact) mass is 146 g/mol. The molecule has 0 N–H and O–H groups in total. The predicted molar refractivity (Wildman–Crippen MR) is 48.8 cm³/mol. The number of hydrogen-bond donors (Lipinski definition) is 0. The molecule has 0 radical (unpaired) electrons. The molecule has 0 saturated carbocycles. The fraction of sp³-hybridized carbons (Fsp3) is 0.111. The minimum Gasteiger partial charge on any atom is -0.0795 e. The highest BCUT2D eigenvalue weighted by atomic mass is 28.1. The summed E-state index contributed by atoms with van der Waals surface area (Å²) in [6.45, 7) is 0. The molecule has 0 saturated heterocycles. The van der Waals surface area contributed by atoms with E-state index in [2.05, 4.69) is 30.4 Å². The van der Waals surface area contributed by atoms with Gasteiger partial charge in [-0.15, -0.1) is 0 Å². The number of hydrogen-bond acceptors (Lipinski definition) is 0. The van der Waals surface area contributed by atoms with Crippen LogP contribution in [0.2, 0.25) is 0 Å². The van der Waals surface area contributed by atoms with Gasteiger partial charge in [-0.3, -0.25) is 0 Å². The van der Waals surface area contributed by atoms with Gasteiger partial charge < -0.3 is 0 Å². The fourth-order valence-corrected chi connectivity index (χ4v) is 2.14. The van der Waals surface area contributed by atoms with Crippen molar-refractivity contribution in [3.05, 3.63) is 35.4 Å². The van der Waals surface area contributed by atoms with E-state index in [4.69, 9.17) is 0 Å². The summed E-state index contributed by atoms with van der Waals surface area (Å²) in [6, 6.07) is 6.60. The molecular formula is C9H10Si. The quantitative estimate of drug-likeness (QED) is 0.460. The van der Waals surface area contributed by atoms with Crippen LogP contribution in [0.5, 0.6) is 0 Å². The zero-order valence-corrected chi connectivity index (χ0v) is 8.09. The topological polar surface area (TPSA) is 0 Å². The highest BCUT2D eigenvalue weighted by molar-refractivity contribution is 6.34. The van der Waals surface area contributed by atoms with Crippen LogP contribution in [0.3, 0.4) is 0 Å². The number of allylic oxidation sites excluding steroid dienone is 1. The van der Waals surface area contributed by atoms with E-state index in [1.807, 2.05) is 0 Å². The molecule has 0 amide bonds. The van der Waals surface area contributed by atoms with E-state index >= 15 is 0 Å². The Morgan fingerprint density at radius 1 is 1.30 bits per heavy atom. The third kappa shape index (κ3) is 0.745. The summed E-state index contributed by atoms with van der Waals surface area (Å²) in [6.07, 6.45) is 5.63. The first kappa shape index (κ1) is 5.92. The van der Waals surface area contributed by atoms with Crippen molar-refractivity contribution in [2.45, 2.75) is 6.42 Å². The van der Waals surface area contributed by atoms with Gasteiger partial charge >= 0.3 is 0 Å². The van der Waals surface area contributed by atoms with Crippen LogP contribution >= 0.6 is 0 Å². The van der Waals surface area contributed by atoms with E-state index in [1.54, 1.807) is 0 Å². The molecular weight excluding hydrogens is 136 g/mol. The fourth-order valence-electron chi connectivity index (χ4n) is 1.46. The second-order valence-corrected chi connectivity index (χ2v) is 3.83. The van der Waals surface area contributed by atoms with E-state index in [1.165, 1.54) is 26.6 Å². The molecule has 1 aromatic carbocycles. The molecule has 50 valence electrons. The predicted octanol–water partition coefficient (Wildman–Crippen LogP) is 0.247. The maximum atomic E-state index is 2.25. The lowest BCUT2D eigenvalue weighted by atomic mass is 10.1. The average Bonchev–Trinajstić information content (AvgIpc) is 2.36. The Hall–Kier alpha value is -0.823. The maximum absolute atomic E-state index is 2.25. The van der Waals surface area contributed by atoms with Crippen LogP contribution in [0.1, 0.15) is 11.1 Å². The van der Waals surface area contributed by atoms with Gasteiger partial charge in [0.15, 0.2) is 0 Å². The highest BCUT2D eigenvalue weighted by Crippen LogP contribution is 2.15. The molecule has 1 aliphatic carbocycles. The Morgan fingerprint density at radius 3 is 3.00 bits per heavy atom. The van der Waals surface area contributed by atoms with Crippen molar-refractivity contribution >= 4 is 21.5 Å². The lowest BCUT2D eigenvalue weighted by molar-refractivity contribution is 1.32. The second kappa shape index (κ2) is 2.10. The largest absolute Gasteiger partial charge is 0.0795 e. The molecule has 1 aliphatic rings. The summed E-state index contributed by atoms with van der Waals surface area (Å²) in [4.78, 5) is 0. The van der Waals surface area contributed by atoms with Gasteiger partial charge in [0.05, 0.1) is 0 Å². The highest BCUT2D eigenvalue weighted by Gasteiger charge is 2.04. The van der Waals surface area contributed by atoms with E-state index in [0.29, 0.717) is 0 Å². The molecule has 0 nitrogen and oxygen atoms in total. The third-order valence-electron chi connectivity index (χ3n) is 2.04. The van der Waals surface area contributed by atoms with Crippen LogP contribution in [-0.4, -0.2) is 10.2 Å². The molecule has 0 spiro atoms. The smallest absolute Gasteiger partial charge is 0.0392 e. The Kier molecular flexibility index (Phi) is 1.24. The van der Waals surface area contributed by atoms with Crippen molar-refractivity contribution in [3.63, 3.8) is 0 Å². The summed E-state index contributed by atoms with van der Waals surface area (Å²) in [5, 5.41) is 1.53. The number of rotatable bonds is 0. The van der Waals surface area contributed by atoms with Gasteiger partial charge in [-0.1, -0.05) is 35.5 Å². The Balaban J connectivity index is 2.67. The molecule has 0 atom stereocenters. The van der Waals surface area contributed by atoms with Crippen LogP contribution in [-0.2, 0) is 6.42 Å². The Morgan fingerprint density at radius 2 is 2.20 bits per heavy atom. The molecule has 1 aromatic rings. The average molecular weight is 146 g/mol. The van der Waals surface area contributed by atoms with Gasteiger partial charge in [-0.05, 0) is 17.5 Å². The van der Waals surface area contributed by atoms with Gasteiger partial charge in [0.2, 0.25) is 0 Å². The van der Waals surface area contributed by atoms with Crippen molar-refractivity contribution in [1.82, 2.24) is 0 Å². The molecule has 2 rings (SSSR count). The van der Waals surface area contributed by atoms with Crippen LogP contribution < -0.4 is 5.19 Å². The Labute approximate surface area is 64.0 Å². The zero-order chi connectivity index (χ0) is 6.97. The van der Waals surface area contributed by atoms with E-state index in [-0.39, 0.29) is 0 Å². The first-order chi connectivity index (χ1) is 4.88. The van der Waals surface area contributed by atoms with Gasteiger partial charge in [-0.2, -0.15) is 0 Å². The SMILES string of the molecule is [SiH3]c1cccc2c1C=CC2. The van der Waals surface area contributed by atoms with Crippen LogP contribution in [0.15, 0.2) is 24.3 Å². The van der Waals surface area contributed by atoms with Gasteiger partial charge in [0.25, 0.3) is 0 Å². The minimum absolute atomic E-state index is 1.14. The second-order valence-electron chi connectivity index (χ2n) is 2.75. The summed E-state index contributed by atoms with van der Waals surface area (Å²) >= 11 is 0. The molecule has 0 aromatic heterocycles. The van der Waals surface area contributed by atoms with Gasteiger partial charge in [-0.25, -0.2) is 0 Å². The van der Waals surface area contributed by atoms with Gasteiger partial charge in [0.1, 0.15) is 0 Å². The van der Waals surface area contributed by atoms with Crippen LogP contribution in [0.4, 0.5) is 0 Å². The van der Waals surface area contributed by atoms with E-state index < -0.39 is 0 Å². The molecule has 0 unspecified atom stereocenters. The van der Waals surface area contributed by atoms with Crippen LogP contribution in [0, 0.1) is 0 Å². The number of benzene rings is 1. The lowest BCUT2D eigenvalue weighted by Gasteiger charge is -2.00. The molecule has 0 bridgehead atoms. The van der Waals surface area contributed by atoms with Crippen molar-refractivity contribution in [2.24, 2.45) is 0 Å².